The largest absolute Gasteiger partial charge is 0.330 e. The molecule has 0 aliphatic rings. The standard InChI is InChI=1S/C15H19ClFN3/c1-3-20-14(15(16)10(2)19-20)8-12(9-18)11-4-6-13(17)7-5-11/h4-7,12H,3,8-9,18H2,1-2H3. The molecule has 1 atom stereocenters. The fraction of sp³-hybridized carbons (Fsp3) is 0.400. The van der Waals surface area contributed by atoms with E-state index in [-0.39, 0.29) is 11.7 Å². The van der Waals surface area contributed by atoms with Crippen molar-refractivity contribution >= 4 is 11.6 Å². The molecule has 0 saturated heterocycles. The van der Waals surface area contributed by atoms with E-state index in [2.05, 4.69) is 5.10 Å². The third kappa shape index (κ3) is 3.02. The quantitative estimate of drug-likeness (QED) is 0.920. The Bertz CT molecular complexity index is 578. The van der Waals surface area contributed by atoms with Gasteiger partial charge in [0.05, 0.1) is 16.4 Å². The highest BCUT2D eigenvalue weighted by Gasteiger charge is 2.18. The summed E-state index contributed by atoms with van der Waals surface area (Å²) in [6.07, 6.45) is 0.704. The zero-order valence-corrected chi connectivity index (χ0v) is 12.5. The molecule has 5 heteroatoms. The van der Waals surface area contributed by atoms with Crippen molar-refractivity contribution in [1.82, 2.24) is 9.78 Å². The van der Waals surface area contributed by atoms with Crippen LogP contribution in [-0.2, 0) is 13.0 Å². The van der Waals surface area contributed by atoms with Crippen LogP contribution in [-0.4, -0.2) is 16.3 Å². The summed E-state index contributed by atoms with van der Waals surface area (Å²) in [7, 11) is 0. The molecule has 1 aromatic heterocycles. The molecule has 20 heavy (non-hydrogen) atoms. The first-order valence-electron chi connectivity index (χ1n) is 6.74. The molecular weight excluding hydrogens is 277 g/mol. The molecule has 0 aliphatic carbocycles. The van der Waals surface area contributed by atoms with Crippen LogP contribution in [0.2, 0.25) is 5.02 Å². The average Bonchev–Trinajstić information content (AvgIpc) is 2.73. The fourth-order valence-electron chi connectivity index (χ4n) is 2.37. The molecule has 1 heterocycles. The molecule has 0 radical (unpaired) electrons. The topological polar surface area (TPSA) is 43.8 Å². The van der Waals surface area contributed by atoms with Gasteiger partial charge in [0.2, 0.25) is 0 Å². The molecule has 2 N–H and O–H groups in total. The molecular formula is C15H19ClFN3. The SMILES string of the molecule is CCn1nc(C)c(Cl)c1CC(CN)c1ccc(F)cc1. The fourth-order valence-corrected chi connectivity index (χ4v) is 2.58. The van der Waals surface area contributed by atoms with E-state index in [1.54, 1.807) is 12.1 Å². The Labute approximate surface area is 123 Å². The van der Waals surface area contributed by atoms with Crippen LogP contribution in [0.4, 0.5) is 4.39 Å². The van der Waals surface area contributed by atoms with E-state index >= 15 is 0 Å². The highest BCUT2D eigenvalue weighted by Crippen LogP contribution is 2.27. The van der Waals surface area contributed by atoms with Crippen LogP contribution in [0.1, 0.15) is 29.8 Å². The molecule has 108 valence electrons. The Morgan fingerprint density at radius 2 is 2.00 bits per heavy atom. The normalized spacial score (nSPS) is 12.7. The molecule has 1 aromatic carbocycles. The Morgan fingerprint density at radius 1 is 1.35 bits per heavy atom. The molecule has 0 fully saturated rings. The number of nitrogens with zero attached hydrogens (tertiary/aromatic N) is 2. The van der Waals surface area contributed by atoms with Crippen molar-refractivity contribution in [3.63, 3.8) is 0 Å². The van der Waals surface area contributed by atoms with Crippen LogP contribution in [0.5, 0.6) is 0 Å². The first-order valence-corrected chi connectivity index (χ1v) is 7.11. The first kappa shape index (κ1) is 15.0. The van der Waals surface area contributed by atoms with Crippen molar-refractivity contribution < 1.29 is 4.39 Å². The number of nitrogens with two attached hydrogens (primary N) is 1. The van der Waals surface area contributed by atoms with Gasteiger partial charge in [-0.1, -0.05) is 23.7 Å². The zero-order valence-electron chi connectivity index (χ0n) is 11.7. The molecule has 2 rings (SSSR count). The lowest BCUT2D eigenvalue weighted by Crippen LogP contribution is -2.17. The Morgan fingerprint density at radius 3 is 2.55 bits per heavy atom. The van der Waals surface area contributed by atoms with Gasteiger partial charge in [-0.25, -0.2) is 4.39 Å². The van der Waals surface area contributed by atoms with Crippen molar-refractivity contribution in [3.05, 3.63) is 52.1 Å². The summed E-state index contributed by atoms with van der Waals surface area (Å²) in [5.41, 5.74) is 8.72. The predicted octanol–water partition coefficient (Wildman–Crippen LogP) is 3.29. The summed E-state index contributed by atoms with van der Waals surface area (Å²) in [6, 6.07) is 6.48. The Hall–Kier alpha value is -1.39. The van der Waals surface area contributed by atoms with Gasteiger partial charge < -0.3 is 5.73 Å². The van der Waals surface area contributed by atoms with Gasteiger partial charge in [-0.15, -0.1) is 0 Å². The second-order valence-corrected chi connectivity index (χ2v) is 5.23. The van der Waals surface area contributed by atoms with Crippen LogP contribution >= 0.6 is 11.6 Å². The van der Waals surface area contributed by atoms with Gasteiger partial charge in [0.25, 0.3) is 0 Å². The second kappa shape index (κ2) is 6.37. The van der Waals surface area contributed by atoms with Gasteiger partial charge >= 0.3 is 0 Å². The van der Waals surface area contributed by atoms with Crippen molar-refractivity contribution in [3.8, 4) is 0 Å². The number of benzene rings is 1. The van der Waals surface area contributed by atoms with E-state index in [4.69, 9.17) is 17.3 Å². The molecule has 0 saturated carbocycles. The maximum absolute atomic E-state index is 13.0. The second-order valence-electron chi connectivity index (χ2n) is 4.85. The van der Waals surface area contributed by atoms with Gasteiger partial charge in [-0.3, -0.25) is 4.68 Å². The molecule has 2 aromatic rings. The Balaban J connectivity index is 2.28. The number of aromatic nitrogens is 2. The molecule has 0 amide bonds. The summed E-state index contributed by atoms with van der Waals surface area (Å²) in [5, 5.41) is 5.11. The number of hydrogen-bond donors (Lipinski definition) is 1. The van der Waals surface area contributed by atoms with E-state index in [9.17, 15) is 4.39 Å². The minimum absolute atomic E-state index is 0.106. The predicted molar refractivity (Wildman–Crippen MR) is 79.5 cm³/mol. The van der Waals surface area contributed by atoms with Gasteiger partial charge in [0.1, 0.15) is 5.82 Å². The van der Waals surface area contributed by atoms with Crippen LogP contribution in [0, 0.1) is 12.7 Å². The van der Waals surface area contributed by atoms with Crippen molar-refractivity contribution in [2.45, 2.75) is 32.7 Å². The summed E-state index contributed by atoms with van der Waals surface area (Å²) in [6.45, 7) is 5.18. The summed E-state index contributed by atoms with van der Waals surface area (Å²) in [4.78, 5) is 0. The lowest BCUT2D eigenvalue weighted by molar-refractivity contribution is 0.581. The van der Waals surface area contributed by atoms with Crippen LogP contribution in [0.25, 0.3) is 0 Å². The van der Waals surface area contributed by atoms with Crippen LogP contribution < -0.4 is 5.73 Å². The highest BCUT2D eigenvalue weighted by atomic mass is 35.5. The maximum Gasteiger partial charge on any atom is 0.123 e. The molecule has 0 aliphatic heterocycles. The number of rotatable bonds is 5. The van der Waals surface area contributed by atoms with Gasteiger partial charge in [0, 0.05) is 12.5 Å². The number of aryl methyl sites for hydroxylation is 2. The monoisotopic (exact) mass is 295 g/mol. The average molecular weight is 296 g/mol. The zero-order chi connectivity index (χ0) is 14.7. The van der Waals surface area contributed by atoms with Crippen LogP contribution in [0.15, 0.2) is 24.3 Å². The smallest absolute Gasteiger partial charge is 0.123 e. The lowest BCUT2D eigenvalue weighted by Gasteiger charge is -2.16. The first-order chi connectivity index (χ1) is 9.56. The molecule has 0 bridgehead atoms. The van der Waals surface area contributed by atoms with Gasteiger partial charge in [-0.2, -0.15) is 5.10 Å². The van der Waals surface area contributed by atoms with E-state index in [0.29, 0.717) is 18.0 Å². The van der Waals surface area contributed by atoms with Gasteiger partial charge in [-0.05, 0) is 44.5 Å². The van der Waals surface area contributed by atoms with Gasteiger partial charge in [0.15, 0.2) is 0 Å². The number of hydrogen-bond acceptors (Lipinski definition) is 2. The Kier molecular flexibility index (Phi) is 4.78. The van der Waals surface area contributed by atoms with E-state index in [1.807, 2.05) is 18.5 Å². The summed E-state index contributed by atoms with van der Waals surface area (Å²) in [5.74, 6) is -0.133. The molecule has 1 unspecified atom stereocenters. The van der Waals surface area contributed by atoms with Crippen molar-refractivity contribution in [1.29, 1.82) is 0 Å². The maximum atomic E-state index is 13.0. The van der Waals surface area contributed by atoms with Crippen molar-refractivity contribution in [2.75, 3.05) is 6.54 Å². The number of halogens is 2. The summed E-state index contributed by atoms with van der Waals surface area (Å²) >= 11 is 6.32. The summed E-state index contributed by atoms with van der Waals surface area (Å²) < 4.78 is 14.9. The van der Waals surface area contributed by atoms with E-state index in [0.717, 1.165) is 23.5 Å². The van der Waals surface area contributed by atoms with E-state index < -0.39 is 0 Å². The van der Waals surface area contributed by atoms with Crippen molar-refractivity contribution in [2.24, 2.45) is 5.73 Å². The third-order valence-corrected chi connectivity index (χ3v) is 4.01. The van der Waals surface area contributed by atoms with E-state index in [1.165, 1.54) is 12.1 Å². The lowest BCUT2D eigenvalue weighted by atomic mass is 9.94. The minimum Gasteiger partial charge on any atom is -0.330 e. The molecule has 3 nitrogen and oxygen atoms in total. The molecule has 0 spiro atoms. The third-order valence-electron chi connectivity index (χ3n) is 3.52. The minimum atomic E-state index is -0.239. The van der Waals surface area contributed by atoms with Crippen LogP contribution in [0.3, 0.4) is 0 Å². The highest BCUT2D eigenvalue weighted by molar-refractivity contribution is 6.31.